The highest BCUT2D eigenvalue weighted by molar-refractivity contribution is 7.85. The summed E-state index contributed by atoms with van der Waals surface area (Å²) in [5.41, 5.74) is 2.23. The van der Waals surface area contributed by atoms with E-state index in [4.69, 9.17) is 24.2 Å². The van der Waals surface area contributed by atoms with E-state index in [9.17, 15) is 13.4 Å². The molecule has 39 heavy (non-hydrogen) atoms. The molecule has 214 valence electrons. The number of nitrogens with zero attached hydrogens (tertiary/aromatic N) is 3. The van der Waals surface area contributed by atoms with Gasteiger partial charge in [0.05, 0.1) is 30.0 Å². The Morgan fingerprint density at radius 1 is 1.23 bits per heavy atom. The van der Waals surface area contributed by atoms with Crippen LogP contribution in [-0.2, 0) is 30.0 Å². The summed E-state index contributed by atoms with van der Waals surface area (Å²) in [6.45, 7) is 13.2. The second-order valence-corrected chi connectivity index (χ2v) is 12.8. The summed E-state index contributed by atoms with van der Waals surface area (Å²) in [6.07, 6.45) is 5.23. The number of benzene rings is 1. The van der Waals surface area contributed by atoms with Crippen LogP contribution in [0.5, 0.6) is 0 Å². The van der Waals surface area contributed by atoms with E-state index in [2.05, 4.69) is 0 Å². The molecule has 1 fully saturated rings. The lowest BCUT2D eigenvalue weighted by Crippen LogP contribution is -2.45. The summed E-state index contributed by atoms with van der Waals surface area (Å²) in [5, 5.41) is 0. The van der Waals surface area contributed by atoms with Gasteiger partial charge in [-0.2, -0.15) is 0 Å². The third-order valence-corrected chi connectivity index (χ3v) is 6.90. The van der Waals surface area contributed by atoms with Crippen molar-refractivity contribution in [3.05, 3.63) is 47.4 Å². The highest BCUT2D eigenvalue weighted by Crippen LogP contribution is 2.34. The Hall–Kier alpha value is -2.69. The molecule has 10 heteroatoms. The molecule has 0 spiro atoms. The molecule has 0 radical (unpaired) electrons. The van der Waals surface area contributed by atoms with Gasteiger partial charge >= 0.3 is 5.97 Å². The number of carbonyl (C=O) groups excluding carboxylic acids is 1. The zero-order chi connectivity index (χ0) is 29.1. The van der Waals surface area contributed by atoms with Crippen molar-refractivity contribution in [1.82, 2.24) is 9.97 Å². The van der Waals surface area contributed by atoms with E-state index in [1.54, 1.807) is 25.4 Å². The van der Waals surface area contributed by atoms with Gasteiger partial charge in [0, 0.05) is 30.9 Å². The van der Waals surface area contributed by atoms with E-state index < -0.39 is 22.4 Å². The largest absolute Gasteiger partial charge is 0.460 e. The summed E-state index contributed by atoms with van der Waals surface area (Å²) in [4.78, 5) is 22.0. The van der Waals surface area contributed by atoms with Crippen LogP contribution >= 0.6 is 0 Å². The van der Waals surface area contributed by atoms with Gasteiger partial charge in [0.15, 0.2) is 5.79 Å². The van der Waals surface area contributed by atoms with Crippen LogP contribution in [0.25, 0.3) is 17.3 Å². The number of rotatable bonds is 8. The topological polar surface area (TPSA) is 90.9 Å². The zero-order valence-electron chi connectivity index (χ0n) is 24.3. The first-order valence-corrected chi connectivity index (χ1v) is 14.6. The molecule has 3 unspecified atom stereocenters. The molecule has 2 aromatic rings. The molecule has 0 aliphatic carbocycles. The van der Waals surface area contributed by atoms with Crippen molar-refractivity contribution in [2.24, 2.45) is 0 Å². The van der Waals surface area contributed by atoms with Crippen LogP contribution in [0.2, 0.25) is 0 Å². The molecule has 1 aromatic heterocycles. The van der Waals surface area contributed by atoms with E-state index in [-0.39, 0.29) is 36.3 Å². The predicted molar refractivity (Wildman–Crippen MR) is 152 cm³/mol. The molecular weight excluding hydrogens is 521 g/mol. The average molecular weight is 562 g/mol. The SMILES string of the molecule is CC(C)c1nc(N(C)S(C)=O)nc(-c2ccc(F)cc2)c1C=CC1CC(CC(=O)OC(C)(C)C)OC(C)(C)O1. The van der Waals surface area contributed by atoms with Crippen LogP contribution in [-0.4, -0.2) is 57.0 Å². The van der Waals surface area contributed by atoms with Crippen molar-refractivity contribution >= 4 is 29.0 Å². The minimum Gasteiger partial charge on any atom is -0.460 e. The van der Waals surface area contributed by atoms with Crippen LogP contribution in [0.4, 0.5) is 10.3 Å². The standard InChI is InChI=1S/C29H40FN3O5S/c1-18(2)25-23(26(19-10-12-20(30)13-11-19)32-27(31-25)33(8)39(9)35)15-14-21-16-22(37-29(6,7)36-21)17-24(34)38-28(3,4)5/h10-15,18,21-22H,16-17H2,1-9H3. The predicted octanol–water partition coefficient (Wildman–Crippen LogP) is 5.79. The van der Waals surface area contributed by atoms with Gasteiger partial charge in [0.25, 0.3) is 0 Å². The molecule has 1 aromatic carbocycles. The summed E-state index contributed by atoms with van der Waals surface area (Å²) >= 11 is 0. The van der Waals surface area contributed by atoms with Crippen LogP contribution < -0.4 is 4.31 Å². The second-order valence-electron chi connectivity index (χ2n) is 11.4. The zero-order valence-corrected chi connectivity index (χ0v) is 25.1. The summed E-state index contributed by atoms with van der Waals surface area (Å²) in [6, 6.07) is 6.09. The molecule has 0 saturated carbocycles. The quantitative estimate of drug-likeness (QED) is 0.377. The number of hydrogen-bond acceptors (Lipinski definition) is 7. The minimum atomic E-state index is -1.33. The number of anilines is 1. The second kappa shape index (κ2) is 12.2. The Morgan fingerprint density at radius 2 is 1.87 bits per heavy atom. The Balaban J connectivity index is 2.01. The molecule has 8 nitrogen and oxygen atoms in total. The van der Waals surface area contributed by atoms with Gasteiger partial charge in [-0.05, 0) is 64.8 Å². The van der Waals surface area contributed by atoms with Crippen molar-refractivity contribution < 1.29 is 27.6 Å². The average Bonchev–Trinajstić information content (AvgIpc) is 2.79. The normalized spacial score (nSPS) is 20.3. The molecular formula is C29H40FN3O5S. The van der Waals surface area contributed by atoms with Gasteiger partial charge in [0.1, 0.15) is 22.4 Å². The van der Waals surface area contributed by atoms with Gasteiger partial charge in [-0.3, -0.25) is 9.10 Å². The number of esters is 1. The maximum atomic E-state index is 13.7. The number of hydrogen-bond donors (Lipinski definition) is 0. The molecule has 0 bridgehead atoms. The first-order chi connectivity index (χ1) is 18.0. The lowest BCUT2D eigenvalue weighted by atomic mass is 9.97. The molecule has 1 aliphatic heterocycles. The van der Waals surface area contributed by atoms with E-state index in [1.807, 2.05) is 60.6 Å². The third kappa shape index (κ3) is 8.65. The van der Waals surface area contributed by atoms with Crippen molar-refractivity contribution in [2.75, 3.05) is 17.6 Å². The van der Waals surface area contributed by atoms with Crippen molar-refractivity contribution in [1.29, 1.82) is 0 Å². The van der Waals surface area contributed by atoms with Gasteiger partial charge in [-0.15, -0.1) is 0 Å². The first-order valence-electron chi connectivity index (χ1n) is 13.1. The molecule has 3 atom stereocenters. The van der Waals surface area contributed by atoms with Crippen molar-refractivity contribution in [3.8, 4) is 11.3 Å². The fourth-order valence-corrected chi connectivity index (χ4v) is 4.64. The summed E-state index contributed by atoms with van der Waals surface area (Å²) in [5.74, 6) is -1.26. The number of carbonyl (C=O) groups is 1. The fraction of sp³-hybridized carbons (Fsp3) is 0.552. The minimum absolute atomic E-state index is 0.0104. The molecule has 0 amide bonds. The highest BCUT2D eigenvalue weighted by Gasteiger charge is 2.36. The van der Waals surface area contributed by atoms with Gasteiger partial charge in [-0.1, -0.05) is 26.0 Å². The Kier molecular flexibility index (Phi) is 9.67. The van der Waals surface area contributed by atoms with E-state index in [0.717, 1.165) is 11.3 Å². The van der Waals surface area contributed by atoms with E-state index >= 15 is 0 Å². The molecule has 1 saturated heterocycles. The number of halogens is 1. The summed E-state index contributed by atoms with van der Waals surface area (Å²) < 4.78 is 45.1. The van der Waals surface area contributed by atoms with Gasteiger partial charge < -0.3 is 14.2 Å². The van der Waals surface area contributed by atoms with Crippen LogP contribution in [0.1, 0.15) is 78.5 Å². The Bertz CT molecular complexity index is 1220. The van der Waals surface area contributed by atoms with Crippen molar-refractivity contribution in [2.45, 2.75) is 90.8 Å². The number of aromatic nitrogens is 2. The van der Waals surface area contributed by atoms with Gasteiger partial charge in [0.2, 0.25) is 5.95 Å². The highest BCUT2D eigenvalue weighted by atomic mass is 32.2. The maximum Gasteiger partial charge on any atom is 0.308 e. The Morgan fingerprint density at radius 3 is 2.44 bits per heavy atom. The van der Waals surface area contributed by atoms with Gasteiger partial charge in [-0.25, -0.2) is 18.6 Å². The van der Waals surface area contributed by atoms with E-state index in [1.165, 1.54) is 16.4 Å². The fourth-order valence-electron chi connectivity index (χ4n) is 4.33. The Labute approximate surface area is 233 Å². The smallest absolute Gasteiger partial charge is 0.308 e. The molecule has 1 aliphatic rings. The van der Waals surface area contributed by atoms with Crippen LogP contribution in [0.15, 0.2) is 30.3 Å². The third-order valence-electron chi connectivity index (χ3n) is 5.97. The summed E-state index contributed by atoms with van der Waals surface area (Å²) in [7, 11) is 0.338. The van der Waals surface area contributed by atoms with Crippen molar-refractivity contribution in [3.63, 3.8) is 0 Å². The molecule has 2 heterocycles. The monoisotopic (exact) mass is 561 g/mol. The first kappa shape index (κ1) is 30.8. The van der Waals surface area contributed by atoms with Crippen LogP contribution in [0.3, 0.4) is 0 Å². The maximum absolute atomic E-state index is 13.7. The lowest BCUT2D eigenvalue weighted by molar-refractivity contribution is -0.290. The molecule has 3 rings (SSSR count). The van der Waals surface area contributed by atoms with Crippen LogP contribution in [0, 0.1) is 5.82 Å². The lowest BCUT2D eigenvalue weighted by Gasteiger charge is -2.39. The molecule has 0 N–H and O–H groups in total. The number of ether oxygens (including phenoxy) is 3. The van der Waals surface area contributed by atoms with E-state index in [0.29, 0.717) is 23.6 Å².